The van der Waals surface area contributed by atoms with Gasteiger partial charge in [0.2, 0.25) is 0 Å². The Labute approximate surface area is 131 Å². The summed E-state index contributed by atoms with van der Waals surface area (Å²) in [5.41, 5.74) is 3.57. The minimum absolute atomic E-state index is 0.314. The van der Waals surface area contributed by atoms with E-state index in [1.54, 1.807) is 0 Å². The van der Waals surface area contributed by atoms with Crippen LogP contribution in [-0.2, 0) is 13.6 Å². The number of hydrogen-bond acceptors (Lipinski definition) is 4. The average molecular weight is 300 g/mol. The third kappa shape index (κ3) is 3.25. The van der Waals surface area contributed by atoms with Gasteiger partial charge in [0.25, 0.3) is 0 Å². The lowest BCUT2D eigenvalue weighted by Gasteiger charge is -2.34. The molecule has 0 bridgehead atoms. The summed E-state index contributed by atoms with van der Waals surface area (Å²) in [6.45, 7) is 3.10. The molecule has 2 aromatic rings. The molecular weight excluding hydrogens is 276 g/mol. The fourth-order valence-corrected chi connectivity index (χ4v) is 3.02. The van der Waals surface area contributed by atoms with E-state index in [1.165, 1.54) is 5.69 Å². The summed E-state index contributed by atoms with van der Waals surface area (Å²) in [4.78, 5) is 2.41. The fourth-order valence-electron chi connectivity index (χ4n) is 3.02. The predicted octanol–water partition coefficient (Wildman–Crippen LogP) is 2.24. The van der Waals surface area contributed by atoms with Gasteiger partial charge in [0.05, 0.1) is 23.6 Å². The van der Waals surface area contributed by atoms with Gasteiger partial charge in [0, 0.05) is 32.9 Å². The highest BCUT2D eigenvalue weighted by Crippen LogP contribution is 2.29. The number of para-hydroxylation sites is 2. The number of aromatic nitrogens is 2. The van der Waals surface area contributed by atoms with Gasteiger partial charge in [-0.15, -0.1) is 0 Å². The molecule has 1 aliphatic heterocycles. The van der Waals surface area contributed by atoms with Gasteiger partial charge in [-0.25, -0.2) is 0 Å². The highest BCUT2D eigenvalue weighted by molar-refractivity contribution is 5.70. The van der Waals surface area contributed by atoms with Crippen molar-refractivity contribution in [1.82, 2.24) is 9.78 Å². The first kappa shape index (κ1) is 14.9. The first-order chi connectivity index (χ1) is 10.8. The summed E-state index contributed by atoms with van der Waals surface area (Å²) in [7, 11) is 1.96. The van der Waals surface area contributed by atoms with Crippen LogP contribution in [-0.4, -0.2) is 34.6 Å². The average Bonchev–Trinajstić information content (AvgIpc) is 2.98. The van der Waals surface area contributed by atoms with E-state index in [1.807, 2.05) is 24.0 Å². The van der Waals surface area contributed by atoms with Gasteiger partial charge in [0.1, 0.15) is 0 Å². The van der Waals surface area contributed by atoms with E-state index in [0.29, 0.717) is 12.5 Å². The first-order valence-electron chi connectivity index (χ1n) is 7.93. The second-order valence-electron chi connectivity index (χ2n) is 5.93. The molecule has 0 radical (unpaired) electrons. The number of aliphatic hydroxyl groups is 1. The minimum Gasteiger partial charge on any atom is -0.396 e. The topological polar surface area (TPSA) is 53.3 Å². The van der Waals surface area contributed by atoms with Crippen molar-refractivity contribution < 1.29 is 5.11 Å². The number of piperidine rings is 1. The lowest BCUT2D eigenvalue weighted by Crippen LogP contribution is -2.35. The second kappa shape index (κ2) is 6.83. The normalized spacial score (nSPS) is 16.0. The Morgan fingerprint density at radius 3 is 2.68 bits per heavy atom. The van der Waals surface area contributed by atoms with Gasteiger partial charge in [-0.05, 0) is 37.0 Å². The third-order valence-corrected chi connectivity index (χ3v) is 4.50. The highest BCUT2D eigenvalue weighted by atomic mass is 16.3. The maximum absolute atomic E-state index is 9.28. The zero-order chi connectivity index (χ0) is 15.4. The summed E-state index contributed by atoms with van der Waals surface area (Å²) in [5.74, 6) is 0.464. The summed E-state index contributed by atoms with van der Waals surface area (Å²) >= 11 is 0. The zero-order valence-corrected chi connectivity index (χ0v) is 13.1. The monoisotopic (exact) mass is 300 g/mol. The van der Waals surface area contributed by atoms with Crippen LogP contribution in [0.4, 0.5) is 11.4 Å². The van der Waals surface area contributed by atoms with Crippen molar-refractivity contribution in [3.8, 4) is 0 Å². The van der Waals surface area contributed by atoms with Gasteiger partial charge in [-0.2, -0.15) is 5.10 Å². The van der Waals surface area contributed by atoms with Gasteiger partial charge in [-0.3, -0.25) is 4.68 Å². The van der Waals surface area contributed by atoms with Crippen LogP contribution in [0.25, 0.3) is 0 Å². The zero-order valence-electron chi connectivity index (χ0n) is 13.1. The van der Waals surface area contributed by atoms with Crippen LogP contribution in [0.5, 0.6) is 0 Å². The number of aryl methyl sites for hydroxylation is 1. The van der Waals surface area contributed by atoms with Crippen molar-refractivity contribution in [3.05, 3.63) is 42.2 Å². The Kier molecular flexibility index (Phi) is 4.63. The number of nitrogens with one attached hydrogen (secondary N) is 1. The van der Waals surface area contributed by atoms with Crippen molar-refractivity contribution in [2.45, 2.75) is 19.4 Å². The second-order valence-corrected chi connectivity index (χ2v) is 5.93. The third-order valence-electron chi connectivity index (χ3n) is 4.50. The lowest BCUT2D eigenvalue weighted by atomic mass is 9.97. The summed E-state index contributed by atoms with van der Waals surface area (Å²) < 4.78 is 1.89. The van der Waals surface area contributed by atoms with E-state index in [9.17, 15) is 5.11 Å². The SMILES string of the molecule is Cn1nccc1CNc1ccccc1N1CCC(CO)CC1. The maximum atomic E-state index is 9.28. The van der Waals surface area contributed by atoms with E-state index in [4.69, 9.17) is 0 Å². The molecule has 0 unspecified atom stereocenters. The Balaban J connectivity index is 1.69. The van der Waals surface area contributed by atoms with Crippen molar-refractivity contribution in [2.75, 3.05) is 29.9 Å². The van der Waals surface area contributed by atoms with Crippen molar-refractivity contribution in [1.29, 1.82) is 0 Å². The van der Waals surface area contributed by atoms with Crippen molar-refractivity contribution in [2.24, 2.45) is 13.0 Å². The molecule has 1 aromatic carbocycles. The van der Waals surface area contributed by atoms with Gasteiger partial charge in [-0.1, -0.05) is 12.1 Å². The van der Waals surface area contributed by atoms with Crippen LogP contribution in [0, 0.1) is 5.92 Å². The molecule has 1 fully saturated rings. The Morgan fingerprint density at radius 1 is 1.23 bits per heavy atom. The number of aliphatic hydroxyl groups excluding tert-OH is 1. The molecule has 1 aliphatic rings. The molecule has 1 aromatic heterocycles. The smallest absolute Gasteiger partial charge is 0.0602 e. The van der Waals surface area contributed by atoms with Gasteiger partial charge < -0.3 is 15.3 Å². The largest absolute Gasteiger partial charge is 0.396 e. The quantitative estimate of drug-likeness (QED) is 0.889. The van der Waals surface area contributed by atoms with Crippen LogP contribution in [0.2, 0.25) is 0 Å². The molecule has 0 atom stereocenters. The minimum atomic E-state index is 0.314. The van der Waals surface area contributed by atoms with E-state index in [2.05, 4.69) is 39.6 Å². The molecular formula is C17H24N4O. The number of hydrogen-bond donors (Lipinski definition) is 2. The molecule has 0 amide bonds. The summed E-state index contributed by atoms with van der Waals surface area (Å²) in [6.07, 6.45) is 3.95. The van der Waals surface area contributed by atoms with Crippen LogP contribution in [0.1, 0.15) is 18.5 Å². The van der Waals surface area contributed by atoms with Crippen LogP contribution in [0.15, 0.2) is 36.5 Å². The molecule has 5 heteroatoms. The van der Waals surface area contributed by atoms with Crippen molar-refractivity contribution in [3.63, 3.8) is 0 Å². The lowest BCUT2D eigenvalue weighted by molar-refractivity contribution is 0.203. The molecule has 2 N–H and O–H groups in total. The summed E-state index contributed by atoms with van der Waals surface area (Å²) in [5, 5.41) is 17.0. The number of nitrogens with zero attached hydrogens (tertiary/aromatic N) is 3. The molecule has 2 heterocycles. The fraction of sp³-hybridized carbons (Fsp3) is 0.471. The van der Waals surface area contributed by atoms with E-state index in [-0.39, 0.29) is 0 Å². The van der Waals surface area contributed by atoms with E-state index >= 15 is 0 Å². The summed E-state index contributed by atoms with van der Waals surface area (Å²) in [6, 6.07) is 10.5. The van der Waals surface area contributed by atoms with E-state index < -0.39 is 0 Å². The van der Waals surface area contributed by atoms with Gasteiger partial charge >= 0.3 is 0 Å². The molecule has 3 rings (SSSR count). The van der Waals surface area contributed by atoms with Gasteiger partial charge in [0.15, 0.2) is 0 Å². The highest BCUT2D eigenvalue weighted by Gasteiger charge is 2.20. The molecule has 0 aliphatic carbocycles. The maximum Gasteiger partial charge on any atom is 0.0602 e. The van der Waals surface area contributed by atoms with Crippen LogP contribution >= 0.6 is 0 Å². The molecule has 5 nitrogen and oxygen atoms in total. The number of rotatable bonds is 5. The van der Waals surface area contributed by atoms with Crippen LogP contribution in [0.3, 0.4) is 0 Å². The first-order valence-corrected chi connectivity index (χ1v) is 7.93. The predicted molar refractivity (Wildman–Crippen MR) is 89.0 cm³/mol. The Bertz CT molecular complexity index is 602. The molecule has 0 saturated carbocycles. The Morgan fingerprint density at radius 2 is 2.00 bits per heavy atom. The number of anilines is 2. The molecule has 118 valence electrons. The number of benzene rings is 1. The molecule has 1 saturated heterocycles. The van der Waals surface area contributed by atoms with Crippen LogP contribution < -0.4 is 10.2 Å². The molecule has 0 spiro atoms. The van der Waals surface area contributed by atoms with Crippen molar-refractivity contribution >= 4 is 11.4 Å². The standard InChI is InChI=1S/C17H24N4O/c1-20-15(6-9-19-20)12-18-16-4-2-3-5-17(16)21-10-7-14(13-22)8-11-21/h2-6,9,14,18,22H,7-8,10-13H2,1H3. The Hall–Kier alpha value is -2.01. The molecule has 22 heavy (non-hydrogen) atoms. The van der Waals surface area contributed by atoms with E-state index in [0.717, 1.165) is 43.9 Å².